The molecule has 22 heavy (non-hydrogen) atoms. The van der Waals surface area contributed by atoms with Crippen LogP contribution in [0.4, 0.5) is 10.5 Å². The number of carbonyl (C=O) groups excluding carboxylic acids is 2. The van der Waals surface area contributed by atoms with Gasteiger partial charge in [0, 0.05) is 18.8 Å². The van der Waals surface area contributed by atoms with E-state index in [1.165, 1.54) is 19.3 Å². The molecule has 1 saturated heterocycles. The van der Waals surface area contributed by atoms with Gasteiger partial charge in [-0.2, -0.15) is 0 Å². The number of anilines is 1. The molecule has 1 aromatic carbocycles. The molecule has 1 aliphatic carbocycles. The molecule has 0 unspecified atom stereocenters. The van der Waals surface area contributed by atoms with Gasteiger partial charge in [-0.1, -0.05) is 24.6 Å². The molecule has 3 rings (SSSR count). The minimum atomic E-state index is -0.330. The van der Waals surface area contributed by atoms with Crippen LogP contribution in [0.2, 0.25) is 0 Å². The van der Waals surface area contributed by atoms with Gasteiger partial charge in [0.05, 0.1) is 0 Å². The molecule has 0 aromatic heterocycles. The maximum absolute atomic E-state index is 12.4. The molecular weight excluding hydrogens is 278 g/mol. The van der Waals surface area contributed by atoms with Crippen LogP contribution in [-0.2, 0) is 4.79 Å². The Labute approximate surface area is 131 Å². The van der Waals surface area contributed by atoms with Crippen molar-refractivity contribution in [2.24, 2.45) is 5.92 Å². The SMILES string of the molecule is O=C(NCC1CCC1)[C@H]1CCCN1C(=O)Nc1ccccc1. The van der Waals surface area contributed by atoms with Crippen LogP contribution in [0.1, 0.15) is 32.1 Å². The average molecular weight is 301 g/mol. The number of rotatable bonds is 4. The number of nitrogens with one attached hydrogen (secondary N) is 2. The summed E-state index contributed by atoms with van der Waals surface area (Å²) >= 11 is 0. The Kier molecular flexibility index (Phi) is 4.61. The van der Waals surface area contributed by atoms with Gasteiger partial charge in [0.15, 0.2) is 0 Å². The monoisotopic (exact) mass is 301 g/mol. The molecule has 5 heteroatoms. The normalized spacial score (nSPS) is 21.3. The molecule has 1 aliphatic heterocycles. The van der Waals surface area contributed by atoms with E-state index in [4.69, 9.17) is 0 Å². The molecule has 5 nitrogen and oxygen atoms in total. The van der Waals surface area contributed by atoms with Gasteiger partial charge in [0.2, 0.25) is 5.91 Å². The van der Waals surface area contributed by atoms with Crippen LogP contribution in [0.15, 0.2) is 30.3 Å². The molecule has 3 amide bonds. The zero-order chi connectivity index (χ0) is 15.4. The maximum atomic E-state index is 12.4. The first-order valence-electron chi connectivity index (χ1n) is 8.14. The summed E-state index contributed by atoms with van der Waals surface area (Å²) in [5.74, 6) is 0.629. The maximum Gasteiger partial charge on any atom is 0.322 e. The number of para-hydroxylation sites is 1. The molecular formula is C17H23N3O2. The molecule has 1 aromatic rings. The number of hydrogen-bond acceptors (Lipinski definition) is 2. The summed E-state index contributed by atoms with van der Waals surface area (Å²) < 4.78 is 0. The van der Waals surface area contributed by atoms with Gasteiger partial charge in [0.1, 0.15) is 6.04 Å². The number of amides is 3. The number of nitrogens with zero attached hydrogens (tertiary/aromatic N) is 1. The van der Waals surface area contributed by atoms with E-state index in [9.17, 15) is 9.59 Å². The van der Waals surface area contributed by atoms with Crippen molar-refractivity contribution < 1.29 is 9.59 Å². The lowest BCUT2D eigenvalue weighted by molar-refractivity contribution is -0.124. The predicted molar refractivity (Wildman–Crippen MR) is 85.5 cm³/mol. The summed E-state index contributed by atoms with van der Waals surface area (Å²) in [4.78, 5) is 26.4. The fourth-order valence-corrected chi connectivity index (χ4v) is 3.06. The van der Waals surface area contributed by atoms with Gasteiger partial charge in [-0.15, -0.1) is 0 Å². The van der Waals surface area contributed by atoms with E-state index in [1.54, 1.807) is 4.90 Å². The minimum absolute atomic E-state index is 0.00684. The van der Waals surface area contributed by atoms with E-state index in [1.807, 2.05) is 30.3 Å². The van der Waals surface area contributed by atoms with Crippen molar-refractivity contribution >= 4 is 17.6 Å². The lowest BCUT2D eigenvalue weighted by Crippen LogP contribution is -2.48. The quantitative estimate of drug-likeness (QED) is 0.898. The van der Waals surface area contributed by atoms with Crippen molar-refractivity contribution in [3.05, 3.63) is 30.3 Å². The van der Waals surface area contributed by atoms with Crippen LogP contribution in [0, 0.1) is 5.92 Å². The zero-order valence-corrected chi connectivity index (χ0v) is 12.8. The van der Waals surface area contributed by atoms with E-state index in [-0.39, 0.29) is 18.0 Å². The summed E-state index contributed by atoms with van der Waals surface area (Å²) in [7, 11) is 0. The standard InChI is InChI=1S/C17H23N3O2/c21-16(18-12-13-6-4-7-13)15-10-5-11-20(15)17(22)19-14-8-2-1-3-9-14/h1-3,8-9,13,15H,4-7,10-12H2,(H,18,21)(H,19,22)/t15-/m1/s1. The summed E-state index contributed by atoms with van der Waals surface area (Å²) in [6.45, 7) is 1.39. The second-order valence-corrected chi connectivity index (χ2v) is 6.19. The zero-order valence-electron chi connectivity index (χ0n) is 12.8. The fourth-order valence-electron chi connectivity index (χ4n) is 3.06. The highest BCUT2D eigenvalue weighted by Gasteiger charge is 2.34. The Morgan fingerprint density at radius 2 is 1.86 bits per heavy atom. The van der Waals surface area contributed by atoms with Gasteiger partial charge in [0.25, 0.3) is 0 Å². The van der Waals surface area contributed by atoms with Crippen LogP contribution in [-0.4, -0.2) is 36.0 Å². The summed E-state index contributed by atoms with van der Waals surface area (Å²) in [5, 5.41) is 5.88. The van der Waals surface area contributed by atoms with E-state index >= 15 is 0 Å². The second-order valence-electron chi connectivity index (χ2n) is 6.19. The Morgan fingerprint density at radius 3 is 2.55 bits per heavy atom. The van der Waals surface area contributed by atoms with Crippen molar-refractivity contribution in [3.8, 4) is 0 Å². The van der Waals surface area contributed by atoms with Gasteiger partial charge in [-0.25, -0.2) is 4.79 Å². The smallest absolute Gasteiger partial charge is 0.322 e. The number of carbonyl (C=O) groups is 2. The molecule has 1 saturated carbocycles. The number of benzene rings is 1. The summed E-state index contributed by atoms with van der Waals surface area (Å²) in [5.41, 5.74) is 0.757. The van der Waals surface area contributed by atoms with Gasteiger partial charge in [-0.05, 0) is 43.7 Å². The van der Waals surface area contributed by atoms with Gasteiger partial charge in [-0.3, -0.25) is 4.79 Å². The highest BCUT2D eigenvalue weighted by molar-refractivity contribution is 5.94. The Bertz CT molecular complexity index is 528. The van der Waals surface area contributed by atoms with Crippen molar-refractivity contribution in [1.82, 2.24) is 10.2 Å². The molecule has 2 aliphatic rings. The average Bonchev–Trinajstić information content (AvgIpc) is 2.96. The topological polar surface area (TPSA) is 61.4 Å². The van der Waals surface area contributed by atoms with Gasteiger partial charge < -0.3 is 15.5 Å². The molecule has 118 valence electrons. The first-order valence-corrected chi connectivity index (χ1v) is 8.14. The van der Waals surface area contributed by atoms with E-state index in [0.29, 0.717) is 12.5 Å². The van der Waals surface area contributed by atoms with E-state index in [0.717, 1.165) is 25.1 Å². The highest BCUT2D eigenvalue weighted by atomic mass is 16.2. The molecule has 0 bridgehead atoms. The number of likely N-dealkylation sites (tertiary alicyclic amines) is 1. The predicted octanol–water partition coefficient (Wildman–Crippen LogP) is 2.60. The first-order chi connectivity index (χ1) is 10.7. The summed E-state index contributed by atoms with van der Waals surface area (Å²) in [6, 6.07) is 8.84. The van der Waals surface area contributed by atoms with Crippen LogP contribution in [0.25, 0.3) is 0 Å². The number of urea groups is 1. The molecule has 0 spiro atoms. The van der Waals surface area contributed by atoms with Crippen LogP contribution < -0.4 is 10.6 Å². The van der Waals surface area contributed by atoms with Crippen molar-refractivity contribution in [2.45, 2.75) is 38.1 Å². The Morgan fingerprint density at radius 1 is 1.09 bits per heavy atom. The van der Waals surface area contributed by atoms with Crippen LogP contribution >= 0.6 is 0 Å². The van der Waals surface area contributed by atoms with Crippen molar-refractivity contribution in [3.63, 3.8) is 0 Å². The van der Waals surface area contributed by atoms with Crippen molar-refractivity contribution in [2.75, 3.05) is 18.4 Å². The molecule has 0 radical (unpaired) electrons. The van der Waals surface area contributed by atoms with Gasteiger partial charge >= 0.3 is 6.03 Å². The molecule has 1 heterocycles. The van der Waals surface area contributed by atoms with Crippen LogP contribution in [0.3, 0.4) is 0 Å². The first kappa shape index (κ1) is 14.9. The molecule has 1 atom stereocenters. The fraction of sp³-hybridized carbons (Fsp3) is 0.529. The Hall–Kier alpha value is -2.04. The van der Waals surface area contributed by atoms with E-state index < -0.39 is 0 Å². The highest BCUT2D eigenvalue weighted by Crippen LogP contribution is 2.25. The number of hydrogen-bond donors (Lipinski definition) is 2. The third-order valence-electron chi connectivity index (χ3n) is 4.63. The lowest BCUT2D eigenvalue weighted by Gasteiger charge is -2.28. The third kappa shape index (κ3) is 3.40. The van der Waals surface area contributed by atoms with Crippen molar-refractivity contribution in [1.29, 1.82) is 0 Å². The summed E-state index contributed by atoms with van der Waals surface area (Å²) in [6.07, 6.45) is 5.32. The largest absolute Gasteiger partial charge is 0.354 e. The third-order valence-corrected chi connectivity index (χ3v) is 4.63. The second kappa shape index (κ2) is 6.81. The minimum Gasteiger partial charge on any atom is -0.354 e. The van der Waals surface area contributed by atoms with Crippen LogP contribution in [0.5, 0.6) is 0 Å². The Balaban J connectivity index is 1.54. The van der Waals surface area contributed by atoms with E-state index in [2.05, 4.69) is 10.6 Å². The molecule has 2 N–H and O–H groups in total. The lowest BCUT2D eigenvalue weighted by atomic mass is 9.85. The molecule has 2 fully saturated rings.